The summed E-state index contributed by atoms with van der Waals surface area (Å²) in [6.07, 6.45) is 0. The smallest absolute Gasteiger partial charge is 0.275 e. The van der Waals surface area contributed by atoms with E-state index in [0.717, 1.165) is 36.9 Å². The van der Waals surface area contributed by atoms with Crippen LogP contribution in [-0.4, -0.2) is 45.2 Å². The lowest BCUT2D eigenvalue weighted by Crippen LogP contribution is -2.49. The normalized spacial score (nSPS) is 20.0. The van der Waals surface area contributed by atoms with Gasteiger partial charge in [-0.1, -0.05) is 11.3 Å². The predicted molar refractivity (Wildman–Crippen MR) is 81.9 cm³/mol. The van der Waals surface area contributed by atoms with Crippen molar-refractivity contribution >= 4 is 28.7 Å². The number of rotatable bonds is 2. The van der Waals surface area contributed by atoms with Crippen molar-refractivity contribution in [1.82, 2.24) is 24.8 Å². The molecule has 6 nitrogen and oxygen atoms in total. The van der Waals surface area contributed by atoms with Gasteiger partial charge in [-0.2, -0.15) is 9.61 Å². The highest BCUT2D eigenvalue weighted by atomic mass is 35.5. The molecule has 0 aromatic carbocycles. The van der Waals surface area contributed by atoms with Crippen LogP contribution in [0.1, 0.15) is 17.6 Å². The van der Waals surface area contributed by atoms with E-state index in [1.54, 1.807) is 0 Å². The van der Waals surface area contributed by atoms with Gasteiger partial charge in [0, 0.05) is 37.4 Å². The molecule has 1 N–H and O–H groups in total. The van der Waals surface area contributed by atoms with Crippen LogP contribution in [0, 0.1) is 6.92 Å². The molecule has 1 unspecified atom stereocenters. The summed E-state index contributed by atoms with van der Waals surface area (Å²) in [6.45, 7) is 7.84. The maximum absolute atomic E-state index is 11.8. The first-order chi connectivity index (χ1) is 9.13. The molecule has 1 atom stereocenters. The van der Waals surface area contributed by atoms with E-state index < -0.39 is 0 Å². The largest absolute Gasteiger partial charge is 0.314 e. The average molecular weight is 316 g/mol. The van der Waals surface area contributed by atoms with Gasteiger partial charge in [-0.15, -0.1) is 12.4 Å². The van der Waals surface area contributed by atoms with Crippen molar-refractivity contribution in [1.29, 1.82) is 0 Å². The van der Waals surface area contributed by atoms with E-state index in [2.05, 4.69) is 27.2 Å². The lowest BCUT2D eigenvalue weighted by Gasteiger charge is -2.32. The van der Waals surface area contributed by atoms with Crippen molar-refractivity contribution in [3.63, 3.8) is 0 Å². The molecule has 0 bridgehead atoms. The molecule has 0 radical (unpaired) electrons. The Hall–Kier alpha value is -1.02. The Morgan fingerprint density at radius 1 is 1.55 bits per heavy atom. The molecule has 1 aliphatic heterocycles. The van der Waals surface area contributed by atoms with Crippen LogP contribution in [0.2, 0.25) is 0 Å². The van der Waals surface area contributed by atoms with Gasteiger partial charge < -0.3 is 5.32 Å². The van der Waals surface area contributed by atoms with Gasteiger partial charge in [0.1, 0.15) is 5.01 Å². The van der Waals surface area contributed by atoms with Crippen LogP contribution in [-0.2, 0) is 6.54 Å². The standard InChI is InChI=1S/C12H17N5OS.ClH/c1-8-5-11(18)17-12(14-8)19-10(15-17)7-16-4-3-13-6-9(16)2;/h5,9,13H,3-4,6-7H2,1-2H3;1H. The number of nitrogens with one attached hydrogen (secondary N) is 1. The van der Waals surface area contributed by atoms with Gasteiger partial charge in [0.05, 0.1) is 6.54 Å². The SMILES string of the molecule is Cc1cc(=O)n2nc(CN3CCNCC3C)sc2n1.Cl. The molecule has 0 aliphatic carbocycles. The number of aromatic nitrogens is 3. The van der Waals surface area contributed by atoms with Crippen LogP contribution in [0.25, 0.3) is 4.96 Å². The monoisotopic (exact) mass is 315 g/mol. The third kappa shape index (κ3) is 3.01. The summed E-state index contributed by atoms with van der Waals surface area (Å²) < 4.78 is 1.40. The van der Waals surface area contributed by atoms with Crippen molar-refractivity contribution in [2.45, 2.75) is 26.4 Å². The number of nitrogens with zero attached hydrogens (tertiary/aromatic N) is 4. The van der Waals surface area contributed by atoms with Gasteiger partial charge >= 0.3 is 0 Å². The van der Waals surface area contributed by atoms with Crippen molar-refractivity contribution in [2.75, 3.05) is 19.6 Å². The summed E-state index contributed by atoms with van der Waals surface area (Å²) in [5.41, 5.74) is 0.647. The fourth-order valence-corrected chi connectivity index (χ4v) is 3.29. The second kappa shape index (κ2) is 6.17. The zero-order valence-corrected chi connectivity index (χ0v) is 13.1. The second-order valence-corrected chi connectivity index (χ2v) is 5.99. The maximum Gasteiger partial charge on any atom is 0.275 e. The first-order valence-electron chi connectivity index (χ1n) is 6.44. The van der Waals surface area contributed by atoms with Crippen LogP contribution >= 0.6 is 23.7 Å². The molecular weight excluding hydrogens is 298 g/mol. The van der Waals surface area contributed by atoms with Gasteiger partial charge in [0.15, 0.2) is 0 Å². The number of hydrogen-bond acceptors (Lipinski definition) is 6. The van der Waals surface area contributed by atoms with E-state index in [1.165, 1.54) is 21.9 Å². The Morgan fingerprint density at radius 2 is 2.35 bits per heavy atom. The molecule has 3 heterocycles. The third-order valence-corrected chi connectivity index (χ3v) is 4.29. The average Bonchev–Trinajstić information content (AvgIpc) is 2.75. The first-order valence-corrected chi connectivity index (χ1v) is 7.26. The predicted octanol–water partition coefficient (Wildman–Crippen LogP) is 0.675. The number of aryl methyl sites for hydroxylation is 1. The quantitative estimate of drug-likeness (QED) is 0.883. The summed E-state index contributed by atoms with van der Waals surface area (Å²) in [5, 5.41) is 8.70. The minimum Gasteiger partial charge on any atom is -0.314 e. The van der Waals surface area contributed by atoms with E-state index in [-0.39, 0.29) is 18.0 Å². The number of fused-ring (bicyclic) bond motifs is 1. The van der Waals surface area contributed by atoms with Crippen LogP contribution in [0.5, 0.6) is 0 Å². The fraction of sp³-hybridized carbons (Fsp3) is 0.583. The first kappa shape index (κ1) is 15.4. The van der Waals surface area contributed by atoms with Gasteiger partial charge in [0.2, 0.25) is 4.96 Å². The zero-order valence-electron chi connectivity index (χ0n) is 11.5. The van der Waals surface area contributed by atoms with E-state index >= 15 is 0 Å². The highest BCUT2D eigenvalue weighted by Crippen LogP contribution is 2.15. The molecule has 0 spiro atoms. The summed E-state index contributed by atoms with van der Waals surface area (Å²) in [6, 6.07) is 2.01. The van der Waals surface area contributed by atoms with E-state index in [1.807, 2.05) is 6.92 Å². The lowest BCUT2D eigenvalue weighted by atomic mass is 10.2. The summed E-state index contributed by atoms with van der Waals surface area (Å²) in [7, 11) is 0. The maximum atomic E-state index is 11.8. The van der Waals surface area contributed by atoms with Crippen molar-refractivity contribution < 1.29 is 0 Å². The molecule has 1 aliphatic rings. The molecule has 20 heavy (non-hydrogen) atoms. The molecule has 2 aromatic rings. The molecule has 2 aromatic heterocycles. The second-order valence-electron chi connectivity index (χ2n) is 4.95. The molecular formula is C12H18ClN5OS. The minimum absolute atomic E-state index is 0. The molecule has 0 saturated carbocycles. The van der Waals surface area contributed by atoms with Crippen LogP contribution in [0.3, 0.4) is 0 Å². The molecule has 3 rings (SSSR count). The summed E-state index contributed by atoms with van der Waals surface area (Å²) in [5.74, 6) is 0. The summed E-state index contributed by atoms with van der Waals surface area (Å²) in [4.78, 5) is 19.2. The van der Waals surface area contributed by atoms with Gasteiger partial charge in [-0.25, -0.2) is 4.98 Å². The zero-order chi connectivity index (χ0) is 13.4. The topological polar surface area (TPSA) is 62.5 Å². The van der Waals surface area contributed by atoms with Gasteiger partial charge in [-0.05, 0) is 13.8 Å². The molecule has 1 fully saturated rings. The number of piperazine rings is 1. The van der Waals surface area contributed by atoms with Crippen LogP contribution < -0.4 is 10.9 Å². The fourth-order valence-electron chi connectivity index (χ4n) is 2.32. The van der Waals surface area contributed by atoms with Crippen LogP contribution in [0.4, 0.5) is 0 Å². The Balaban J connectivity index is 0.00000147. The number of halogens is 1. The van der Waals surface area contributed by atoms with Gasteiger partial charge in [-0.3, -0.25) is 9.69 Å². The Bertz CT molecular complexity index is 655. The highest BCUT2D eigenvalue weighted by Gasteiger charge is 2.19. The third-order valence-electron chi connectivity index (χ3n) is 3.39. The highest BCUT2D eigenvalue weighted by molar-refractivity contribution is 7.16. The Labute approximate surface area is 127 Å². The van der Waals surface area contributed by atoms with Crippen molar-refractivity contribution in [3.05, 3.63) is 27.1 Å². The minimum atomic E-state index is -0.0987. The lowest BCUT2D eigenvalue weighted by molar-refractivity contribution is 0.165. The molecule has 0 amide bonds. The molecule has 8 heteroatoms. The van der Waals surface area contributed by atoms with Gasteiger partial charge in [0.25, 0.3) is 5.56 Å². The van der Waals surface area contributed by atoms with E-state index in [9.17, 15) is 4.79 Å². The summed E-state index contributed by atoms with van der Waals surface area (Å²) >= 11 is 1.50. The van der Waals surface area contributed by atoms with E-state index in [4.69, 9.17) is 0 Å². The van der Waals surface area contributed by atoms with Crippen molar-refractivity contribution in [3.8, 4) is 0 Å². The Morgan fingerprint density at radius 3 is 3.10 bits per heavy atom. The molecule has 110 valence electrons. The molecule has 1 saturated heterocycles. The van der Waals surface area contributed by atoms with Crippen LogP contribution in [0.15, 0.2) is 10.9 Å². The van der Waals surface area contributed by atoms with Crippen molar-refractivity contribution in [2.24, 2.45) is 0 Å². The Kier molecular flexibility index (Phi) is 4.74. The number of hydrogen-bond donors (Lipinski definition) is 1. The van der Waals surface area contributed by atoms with E-state index in [0.29, 0.717) is 11.0 Å².